The van der Waals surface area contributed by atoms with E-state index in [4.69, 9.17) is 9.79 Å². The Bertz CT molecular complexity index is 673. The zero-order valence-electron chi connectivity index (χ0n) is 10.7. The molecule has 2 rings (SSSR count). The van der Waals surface area contributed by atoms with Crippen molar-refractivity contribution in [2.45, 2.75) is 6.92 Å². The molecular weight excluding hydrogens is 321 g/mol. The molecule has 1 aromatic heterocycles. The number of amides is 2. The Morgan fingerprint density at radius 1 is 1.48 bits per heavy atom. The number of carbonyl (C=O) groups is 2. The number of hydrogen-bond acceptors (Lipinski definition) is 7. The quantitative estimate of drug-likeness (QED) is 0.610. The fourth-order valence-corrected chi connectivity index (χ4v) is 2.51. The van der Waals surface area contributed by atoms with E-state index in [1.807, 2.05) is 0 Å². The van der Waals surface area contributed by atoms with Gasteiger partial charge in [0.15, 0.2) is 0 Å². The summed E-state index contributed by atoms with van der Waals surface area (Å²) in [5.74, 6) is -0.192. The molecule has 0 unspecified atom stereocenters. The van der Waals surface area contributed by atoms with Crippen molar-refractivity contribution in [3.63, 3.8) is 0 Å². The molecule has 21 heavy (non-hydrogen) atoms. The number of imide groups is 1. The Morgan fingerprint density at radius 2 is 2.19 bits per heavy atom. The minimum atomic E-state index is -4.76. The van der Waals surface area contributed by atoms with Crippen molar-refractivity contribution in [2.75, 3.05) is 6.73 Å². The summed E-state index contributed by atoms with van der Waals surface area (Å²) in [6.07, 6.45) is 2.91. The van der Waals surface area contributed by atoms with Gasteiger partial charge in [0.2, 0.25) is 0 Å². The van der Waals surface area contributed by atoms with Crippen molar-refractivity contribution in [3.05, 3.63) is 28.7 Å². The van der Waals surface area contributed by atoms with Crippen molar-refractivity contribution >= 4 is 36.8 Å². The molecule has 1 aromatic rings. The standard InChI is InChI=1S/C10H10N3O6PS/c1-6-11-3-2-7(12-6)4-8-9(14)13(10(15)21-8)5-19-20(16,17)18/h2-4H,5H2,1H3,(H2,16,17,18). The molecule has 2 amide bonds. The van der Waals surface area contributed by atoms with Crippen LogP contribution in [0.25, 0.3) is 6.08 Å². The van der Waals surface area contributed by atoms with Gasteiger partial charge in [0.1, 0.15) is 12.6 Å². The molecule has 0 spiro atoms. The van der Waals surface area contributed by atoms with E-state index in [2.05, 4.69) is 14.5 Å². The van der Waals surface area contributed by atoms with E-state index < -0.39 is 25.7 Å². The summed E-state index contributed by atoms with van der Waals surface area (Å²) >= 11 is 0.638. The SMILES string of the molecule is Cc1nccc(C=C2SC(=O)N(COP(=O)(O)O)C2=O)n1. The highest BCUT2D eigenvalue weighted by Gasteiger charge is 2.36. The number of aryl methyl sites for hydroxylation is 1. The van der Waals surface area contributed by atoms with Crippen molar-refractivity contribution < 1.29 is 28.5 Å². The van der Waals surface area contributed by atoms with E-state index in [-0.39, 0.29) is 4.91 Å². The van der Waals surface area contributed by atoms with Gasteiger partial charge in [-0.1, -0.05) is 0 Å². The average Bonchev–Trinajstić information content (AvgIpc) is 2.61. The van der Waals surface area contributed by atoms with Crippen molar-refractivity contribution in [3.8, 4) is 0 Å². The molecule has 1 fully saturated rings. The van der Waals surface area contributed by atoms with Gasteiger partial charge in [-0.2, -0.15) is 0 Å². The third-order valence-electron chi connectivity index (χ3n) is 2.31. The molecule has 11 heteroatoms. The number of thioether (sulfide) groups is 1. The van der Waals surface area contributed by atoms with Gasteiger partial charge in [-0.25, -0.2) is 19.4 Å². The number of phosphoric ester groups is 1. The lowest BCUT2D eigenvalue weighted by Crippen LogP contribution is -2.30. The summed E-state index contributed by atoms with van der Waals surface area (Å²) in [6.45, 7) is 0.867. The lowest BCUT2D eigenvalue weighted by molar-refractivity contribution is -0.124. The zero-order valence-corrected chi connectivity index (χ0v) is 12.4. The van der Waals surface area contributed by atoms with Crippen LogP contribution in [0.2, 0.25) is 0 Å². The fraction of sp³-hybridized carbons (Fsp3) is 0.200. The maximum Gasteiger partial charge on any atom is 0.471 e. The summed E-state index contributed by atoms with van der Waals surface area (Å²) in [4.78, 5) is 49.4. The Balaban J connectivity index is 2.16. The van der Waals surface area contributed by atoms with Crippen molar-refractivity contribution in [1.29, 1.82) is 0 Å². The van der Waals surface area contributed by atoms with E-state index in [9.17, 15) is 14.2 Å². The van der Waals surface area contributed by atoms with Gasteiger partial charge in [-0.05, 0) is 30.8 Å². The van der Waals surface area contributed by atoms with Crippen LogP contribution in [0.3, 0.4) is 0 Å². The van der Waals surface area contributed by atoms with Gasteiger partial charge in [0, 0.05) is 6.20 Å². The predicted molar refractivity (Wildman–Crippen MR) is 72.6 cm³/mol. The molecular formula is C10H10N3O6PS. The number of carbonyl (C=O) groups excluding carboxylic acids is 2. The molecule has 9 nitrogen and oxygen atoms in total. The van der Waals surface area contributed by atoms with Crippen LogP contribution < -0.4 is 0 Å². The van der Waals surface area contributed by atoms with E-state index >= 15 is 0 Å². The summed E-state index contributed by atoms with van der Waals surface area (Å²) in [5, 5.41) is -0.675. The molecule has 0 aliphatic carbocycles. The molecule has 0 atom stereocenters. The lowest BCUT2D eigenvalue weighted by Gasteiger charge is -2.12. The molecule has 1 aliphatic heterocycles. The number of phosphoric acid groups is 1. The van der Waals surface area contributed by atoms with Crippen LogP contribution in [0.1, 0.15) is 11.5 Å². The molecule has 2 heterocycles. The van der Waals surface area contributed by atoms with Gasteiger partial charge in [0.25, 0.3) is 11.1 Å². The summed E-state index contributed by atoms with van der Waals surface area (Å²) < 4.78 is 14.8. The van der Waals surface area contributed by atoms with Crippen LogP contribution >= 0.6 is 19.6 Å². The number of aromatic nitrogens is 2. The Labute approximate surface area is 123 Å². The van der Waals surface area contributed by atoms with E-state index in [1.54, 1.807) is 13.0 Å². The highest BCUT2D eigenvalue weighted by Crippen LogP contribution is 2.38. The highest BCUT2D eigenvalue weighted by atomic mass is 32.2. The molecule has 0 bridgehead atoms. The van der Waals surface area contributed by atoms with E-state index in [0.29, 0.717) is 28.2 Å². The normalized spacial score (nSPS) is 17.9. The monoisotopic (exact) mass is 331 g/mol. The third-order valence-corrected chi connectivity index (χ3v) is 3.66. The lowest BCUT2D eigenvalue weighted by atomic mass is 10.3. The van der Waals surface area contributed by atoms with Crippen LogP contribution in [0.5, 0.6) is 0 Å². The number of nitrogens with zero attached hydrogens (tertiary/aromatic N) is 3. The molecule has 1 aliphatic rings. The van der Waals surface area contributed by atoms with Crippen molar-refractivity contribution in [1.82, 2.24) is 14.9 Å². The zero-order chi connectivity index (χ0) is 15.6. The van der Waals surface area contributed by atoms with Crippen LogP contribution in [-0.4, -0.2) is 42.5 Å². The second-order valence-electron chi connectivity index (χ2n) is 3.89. The van der Waals surface area contributed by atoms with E-state index in [1.165, 1.54) is 12.3 Å². The Hall–Kier alpha value is -1.58. The second-order valence-corrected chi connectivity index (χ2v) is 6.12. The Kier molecular flexibility index (Phi) is 4.55. The largest absolute Gasteiger partial charge is 0.471 e. The first-order valence-electron chi connectivity index (χ1n) is 5.51. The molecule has 112 valence electrons. The minimum absolute atomic E-state index is 0.0902. The third kappa shape index (κ3) is 4.19. The molecule has 0 aromatic carbocycles. The van der Waals surface area contributed by atoms with Gasteiger partial charge >= 0.3 is 7.82 Å². The maximum atomic E-state index is 12.0. The second kappa shape index (κ2) is 6.04. The van der Waals surface area contributed by atoms with Gasteiger partial charge in [0.05, 0.1) is 10.6 Å². The number of rotatable bonds is 4. The molecule has 1 saturated heterocycles. The molecule has 2 N–H and O–H groups in total. The van der Waals surface area contributed by atoms with Crippen LogP contribution in [0.4, 0.5) is 4.79 Å². The van der Waals surface area contributed by atoms with Crippen LogP contribution in [0.15, 0.2) is 17.2 Å². The first-order valence-corrected chi connectivity index (χ1v) is 7.86. The fourth-order valence-electron chi connectivity index (χ4n) is 1.43. The maximum absolute atomic E-state index is 12.0. The number of hydrogen-bond donors (Lipinski definition) is 2. The molecule has 0 radical (unpaired) electrons. The van der Waals surface area contributed by atoms with Crippen molar-refractivity contribution in [2.24, 2.45) is 0 Å². The Morgan fingerprint density at radius 3 is 2.81 bits per heavy atom. The van der Waals surface area contributed by atoms with E-state index in [0.717, 1.165) is 0 Å². The summed E-state index contributed by atoms with van der Waals surface area (Å²) in [6, 6.07) is 1.56. The minimum Gasteiger partial charge on any atom is -0.303 e. The smallest absolute Gasteiger partial charge is 0.303 e. The van der Waals surface area contributed by atoms with Crippen LogP contribution in [-0.2, 0) is 13.9 Å². The topological polar surface area (TPSA) is 130 Å². The van der Waals surface area contributed by atoms with Gasteiger partial charge < -0.3 is 9.79 Å². The van der Waals surface area contributed by atoms with Crippen LogP contribution in [0, 0.1) is 6.92 Å². The van der Waals surface area contributed by atoms with Gasteiger partial charge in [-0.15, -0.1) is 0 Å². The highest BCUT2D eigenvalue weighted by molar-refractivity contribution is 8.18. The first-order chi connectivity index (χ1) is 9.76. The average molecular weight is 331 g/mol. The first kappa shape index (κ1) is 15.8. The summed E-state index contributed by atoms with van der Waals surface area (Å²) in [5.41, 5.74) is 0.448. The summed E-state index contributed by atoms with van der Waals surface area (Å²) in [7, 11) is -4.76. The molecule has 0 saturated carbocycles. The predicted octanol–water partition coefficient (Wildman–Crippen LogP) is 0.888. The van der Waals surface area contributed by atoms with Gasteiger partial charge in [-0.3, -0.25) is 14.1 Å².